The molecule has 1 aromatic rings. The van der Waals surface area contributed by atoms with E-state index in [-0.39, 0.29) is 11.5 Å². The molecular weight excluding hydrogens is 286 g/mol. The minimum atomic E-state index is -0.389. The first-order valence-electron chi connectivity index (χ1n) is 7.30. The van der Waals surface area contributed by atoms with Gasteiger partial charge in [0.15, 0.2) is 0 Å². The van der Waals surface area contributed by atoms with Crippen LogP contribution in [0.25, 0.3) is 0 Å². The van der Waals surface area contributed by atoms with E-state index in [1.807, 2.05) is 56.4 Å². The molecule has 0 radical (unpaired) electrons. The van der Waals surface area contributed by atoms with E-state index in [0.29, 0.717) is 13.2 Å². The average molecular weight is 310 g/mol. The molecule has 0 saturated heterocycles. The average Bonchev–Trinajstić information content (AvgIpc) is 2.84. The van der Waals surface area contributed by atoms with E-state index in [1.54, 1.807) is 0 Å². The Morgan fingerprint density at radius 3 is 2.57 bits per heavy atom. The van der Waals surface area contributed by atoms with Gasteiger partial charge in [-0.25, -0.2) is 0 Å². The van der Waals surface area contributed by atoms with Crippen LogP contribution in [0.4, 0.5) is 0 Å². The lowest BCUT2D eigenvalue weighted by Gasteiger charge is -2.33. The molecule has 1 unspecified atom stereocenters. The van der Waals surface area contributed by atoms with E-state index in [4.69, 9.17) is 11.6 Å². The summed E-state index contributed by atoms with van der Waals surface area (Å²) in [7, 11) is 0. The molecule has 0 aliphatic carbocycles. The third-order valence-electron chi connectivity index (χ3n) is 3.75. The predicted octanol–water partition coefficient (Wildman–Crippen LogP) is 2.81. The van der Waals surface area contributed by atoms with Gasteiger partial charge in [-0.05, 0) is 29.5 Å². The van der Waals surface area contributed by atoms with Gasteiger partial charge >= 0.3 is 0 Å². The number of hydrazine groups is 1. The number of halogens is 1. The number of β-amino-alcohol motifs (C(OH)–C–C–N with tert-alkyl or cyclic N) is 1. The van der Waals surface area contributed by atoms with Crippen molar-refractivity contribution in [3.05, 3.63) is 34.9 Å². The number of aliphatic hydroxyl groups is 1. The van der Waals surface area contributed by atoms with E-state index >= 15 is 0 Å². The van der Waals surface area contributed by atoms with Crippen molar-refractivity contribution >= 4 is 17.9 Å². The van der Waals surface area contributed by atoms with E-state index in [9.17, 15) is 5.11 Å². The number of rotatable bonds is 5. The topological polar surface area (TPSA) is 39.1 Å². The quantitative estimate of drug-likeness (QED) is 0.909. The van der Waals surface area contributed by atoms with Gasteiger partial charge in [0.1, 0.15) is 13.0 Å². The molecule has 0 fully saturated rings. The molecule has 116 valence electrons. The third-order valence-corrected chi connectivity index (χ3v) is 4.01. The molecule has 1 N–H and O–H groups in total. The zero-order valence-corrected chi connectivity index (χ0v) is 13.7. The van der Waals surface area contributed by atoms with Crippen molar-refractivity contribution in [2.24, 2.45) is 10.4 Å². The molecule has 5 heteroatoms. The third kappa shape index (κ3) is 4.70. The number of hydrogen-bond donors (Lipinski definition) is 1. The molecule has 2 rings (SSSR count). The van der Waals surface area contributed by atoms with Crippen molar-refractivity contribution < 1.29 is 5.11 Å². The van der Waals surface area contributed by atoms with Crippen LogP contribution < -0.4 is 0 Å². The second-order valence-corrected chi connectivity index (χ2v) is 6.99. The van der Waals surface area contributed by atoms with Crippen LogP contribution in [-0.2, 0) is 6.42 Å². The maximum absolute atomic E-state index is 10.2. The minimum Gasteiger partial charge on any atom is -0.391 e. The maximum atomic E-state index is 10.2. The molecule has 0 bridgehead atoms. The fraction of sp³-hybridized carbons (Fsp3) is 0.562. The fourth-order valence-electron chi connectivity index (χ4n) is 2.10. The molecule has 4 nitrogen and oxygen atoms in total. The summed E-state index contributed by atoms with van der Waals surface area (Å²) < 4.78 is 0. The van der Waals surface area contributed by atoms with Crippen LogP contribution in [0.5, 0.6) is 0 Å². The van der Waals surface area contributed by atoms with Crippen LogP contribution in [0.3, 0.4) is 0 Å². The molecule has 1 heterocycles. The molecule has 0 aromatic heterocycles. The smallest absolute Gasteiger partial charge is 0.110 e. The Balaban J connectivity index is 1.87. The monoisotopic (exact) mass is 309 g/mol. The van der Waals surface area contributed by atoms with Gasteiger partial charge in [0.2, 0.25) is 0 Å². The summed E-state index contributed by atoms with van der Waals surface area (Å²) in [6.07, 6.45) is 2.36. The summed E-state index contributed by atoms with van der Waals surface area (Å²) in [6.45, 7) is 8.24. The van der Waals surface area contributed by atoms with Crippen molar-refractivity contribution in [3.8, 4) is 0 Å². The molecule has 0 amide bonds. The number of aliphatic imine (C=N–C) groups is 1. The first-order valence-corrected chi connectivity index (χ1v) is 7.68. The van der Waals surface area contributed by atoms with Crippen molar-refractivity contribution in [1.82, 2.24) is 10.0 Å². The standard InChI is InChI=1S/C16H24ClN3O/c1-16(2,3)15(21)10-20-12-18-11-19(20)9-8-13-4-6-14(17)7-5-13/h4-7,12,15,21H,8-11H2,1-3H3. The summed E-state index contributed by atoms with van der Waals surface area (Å²) >= 11 is 5.90. The van der Waals surface area contributed by atoms with Crippen LogP contribution in [0, 0.1) is 5.41 Å². The largest absolute Gasteiger partial charge is 0.391 e. The molecule has 1 aromatic carbocycles. The van der Waals surface area contributed by atoms with Gasteiger partial charge < -0.3 is 5.11 Å². The fourth-order valence-corrected chi connectivity index (χ4v) is 2.23. The summed E-state index contributed by atoms with van der Waals surface area (Å²) in [5.41, 5.74) is 1.13. The summed E-state index contributed by atoms with van der Waals surface area (Å²) in [6, 6.07) is 7.93. The maximum Gasteiger partial charge on any atom is 0.110 e. The Labute approximate surface area is 132 Å². The van der Waals surface area contributed by atoms with Gasteiger partial charge in [-0.3, -0.25) is 10.0 Å². The van der Waals surface area contributed by atoms with Gasteiger partial charge in [-0.1, -0.05) is 44.5 Å². The Hall–Kier alpha value is -1.10. The van der Waals surface area contributed by atoms with Gasteiger partial charge in [0.05, 0.1) is 12.6 Å². The van der Waals surface area contributed by atoms with Gasteiger partial charge in [0, 0.05) is 11.6 Å². The normalized spacial score (nSPS) is 17.5. The van der Waals surface area contributed by atoms with Crippen LogP contribution in [0.15, 0.2) is 29.3 Å². The highest BCUT2D eigenvalue weighted by atomic mass is 35.5. The van der Waals surface area contributed by atoms with Crippen molar-refractivity contribution in [2.75, 3.05) is 19.8 Å². The van der Waals surface area contributed by atoms with Crippen molar-refractivity contribution in [3.63, 3.8) is 0 Å². The number of benzene rings is 1. The number of aliphatic hydroxyl groups excluding tert-OH is 1. The lowest BCUT2D eigenvalue weighted by molar-refractivity contribution is -0.0141. The van der Waals surface area contributed by atoms with E-state index < -0.39 is 0 Å². The van der Waals surface area contributed by atoms with Gasteiger partial charge in [-0.15, -0.1) is 0 Å². The first-order chi connectivity index (χ1) is 9.86. The summed E-state index contributed by atoms with van der Waals surface area (Å²) in [5, 5.41) is 15.2. The van der Waals surface area contributed by atoms with Crippen molar-refractivity contribution in [1.29, 1.82) is 0 Å². The zero-order valence-electron chi connectivity index (χ0n) is 13.0. The highest BCUT2D eigenvalue weighted by Crippen LogP contribution is 2.21. The summed E-state index contributed by atoms with van der Waals surface area (Å²) in [4.78, 5) is 4.30. The molecular formula is C16H24ClN3O. The Morgan fingerprint density at radius 1 is 1.29 bits per heavy atom. The Morgan fingerprint density at radius 2 is 1.95 bits per heavy atom. The molecule has 1 aliphatic heterocycles. The van der Waals surface area contributed by atoms with Crippen LogP contribution in [-0.4, -0.2) is 47.3 Å². The lowest BCUT2D eigenvalue weighted by Crippen LogP contribution is -2.46. The lowest BCUT2D eigenvalue weighted by atomic mass is 9.89. The SMILES string of the molecule is CC(C)(C)C(O)CN1C=NCN1CCc1ccc(Cl)cc1. The second kappa shape index (κ2) is 6.77. The Kier molecular flexibility index (Phi) is 5.25. The molecule has 1 aliphatic rings. The highest BCUT2D eigenvalue weighted by molar-refractivity contribution is 6.30. The molecule has 0 spiro atoms. The highest BCUT2D eigenvalue weighted by Gasteiger charge is 2.27. The number of hydrogen-bond acceptors (Lipinski definition) is 4. The van der Waals surface area contributed by atoms with Crippen LogP contribution >= 0.6 is 11.6 Å². The molecule has 0 saturated carbocycles. The summed E-state index contributed by atoms with van der Waals surface area (Å²) in [5.74, 6) is 0. The van der Waals surface area contributed by atoms with Crippen LogP contribution in [0.1, 0.15) is 26.3 Å². The number of nitrogens with zero attached hydrogens (tertiary/aromatic N) is 3. The molecule has 1 atom stereocenters. The predicted molar refractivity (Wildman–Crippen MR) is 87.4 cm³/mol. The van der Waals surface area contributed by atoms with E-state index in [1.165, 1.54) is 5.56 Å². The zero-order chi connectivity index (χ0) is 15.5. The Bertz CT molecular complexity index is 481. The van der Waals surface area contributed by atoms with Gasteiger partial charge in [0.25, 0.3) is 0 Å². The second-order valence-electron chi connectivity index (χ2n) is 6.55. The minimum absolute atomic E-state index is 0.127. The van der Waals surface area contributed by atoms with E-state index in [2.05, 4.69) is 10.0 Å². The van der Waals surface area contributed by atoms with E-state index in [0.717, 1.165) is 18.0 Å². The van der Waals surface area contributed by atoms with Crippen molar-refractivity contribution in [2.45, 2.75) is 33.3 Å². The van der Waals surface area contributed by atoms with Crippen LogP contribution in [0.2, 0.25) is 5.02 Å². The molecule has 21 heavy (non-hydrogen) atoms. The first kappa shape index (κ1) is 16.3. The van der Waals surface area contributed by atoms with Gasteiger partial charge in [-0.2, -0.15) is 5.01 Å².